The third-order valence-electron chi connectivity index (χ3n) is 1.73. The Morgan fingerprint density at radius 3 is 2.56 bits per heavy atom. The molecule has 0 saturated carbocycles. The van der Waals surface area contributed by atoms with Crippen molar-refractivity contribution in [3.63, 3.8) is 0 Å². The third-order valence-corrected chi connectivity index (χ3v) is 2.31. The first-order chi connectivity index (χ1) is 7.49. The number of rotatable bonds is 4. The smallest absolute Gasteiger partial charge is 0.310 e. The molecule has 1 amide bonds. The van der Waals surface area contributed by atoms with Gasteiger partial charge >= 0.3 is 5.97 Å². The molecule has 1 aromatic rings. The van der Waals surface area contributed by atoms with Crippen molar-refractivity contribution >= 4 is 35.1 Å². The van der Waals surface area contributed by atoms with E-state index in [1.807, 2.05) is 0 Å². The van der Waals surface area contributed by atoms with E-state index in [2.05, 4.69) is 4.74 Å². The van der Waals surface area contributed by atoms with Gasteiger partial charge in [-0.05, 0) is 17.7 Å². The monoisotopic (exact) mass is 261 g/mol. The van der Waals surface area contributed by atoms with Crippen LogP contribution in [0.5, 0.6) is 0 Å². The SMILES string of the molecule is NC(=O)COC(=O)Cc1ccc(Cl)cc1Cl. The molecule has 4 nitrogen and oxygen atoms in total. The van der Waals surface area contributed by atoms with Gasteiger partial charge in [-0.15, -0.1) is 0 Å². The van der Waals surface area contributed by atoms with Crippen LogP contribution in [0, 0.1) is 0 Å². The fourth-order valence-corrected chi connectivity index (χ4v) is 1.50. The van der Waals surface area contributed by atoms with Gasteiger partial charge in [-0.2, -0.15) is 0 Å². The maximum absolute atomic E-state index is 11.2. The number of amides is 1. The number of hydrogen-bond acceptors (Lipinski definition) is 3. The summed E-state index contributed by atoms with van der Waals surface area (Å²) in [7, 11) is 0. The van der Waals surface area contributed by atoms with Crippen molar-refractivity contribution in [2.75, 3.05) is 6.61 Å². The highest BCUT2D eigenvalue weighted by atomic mass is 35.5. The lowest BCUT2D eigenvalue weighted by Gasteiger charge is -2.04. The second-order valence-corrected chi connectivity index (χ2v) is 3.88. The van der Waals surface area contributed by atoms with Crippen molar-refractivity contribution in [2.45, 2.75) is 6.42 Å². The summed E-state index contributed by atoms with van der Waals surface area (Å²) in [6, 6.07) is 4.76. The Morgan fingerprint density at radius 2 is 2.00 bits per heavy atom. The molecule has 0 fully saturated rings. The molecule has 86 valence electrons. The van der Waals surface area contributed by atoms with Crippen molar-refractivity contribution in [2.24, 2.45) is 5.73 Å². The number of benzene rings is 1. The molecule has 0 radical (unpaired) electrons. The predicted molar refractivity (Wildman–Crippen MR) is 60.3 cm³/mol. The maximum Gasteiger partial charge on any atom is 0.310 e. The molecule has 1 rings (SSSR count). The Hall–Kier alpha value is -1.26. The third kappa shape index (κ3) is 4.08. The van der Waals surface area contributed by atoms with Crippen molar-refractivity contribution < 1.29 is 14.3 Å². The van der Waals surface area contributed by atoms with Crippen molar-refractivity contribution in [1.29, 1.82) is 0 Å². The van der Waals surface area contributed by atoms with Crippen LogP contribution >= 0.6 is 23.2 Å². The van der Waals surface area contributed by atoms with Gasteiger partial charge in [-0.3, -0.25) is 9.59 Å². The summed E-state index contributed by atoms with van der Waals surface area (Å²) in [6.07, 6.45) is -0.0245. The Labute approximate surface area is 102 Å². The standard InChI is InChI=1S/C10H9Cl2NO3/c11-7-2-1-6(8(12)4-7)3-10(15)16-5-9(13)14/h1-2,4H,3,5H2,(H2,13,14). The van der Waals surface area contributed by atoms with E-state index in [1.165, 1.54) is 6.07 Å². The highest BCUT2D eigenvalue weighted by Crippen LogP contribution is 2.21. The molecule has 1 aromatic carbocycles. The number of carbonyl (C=O) groups is 2. The summed E-state index contributed by atoms with van der Waals surface area (Å²) in [5.74, 6) is -1.27. The molecule has 0 aliphatic carbocycles. The Morgan fingerprint density at radius 1 is 1.31 bits per heavy atom. The van der Waals surface area contributed by atoms with E-state index >= 15 is 0 Å². The first-order valence-corrected chi connectivity index (χ1v) is 5.12. The van der Waals surface area contributed by atoms with Crippen LogP contribution in [-0.4, -0.2) is 18.5 Å². The van der Waals surface area contributed by atoms with E-state index < -0.39 is 18.5 Å². The second kappa shape index (κ2) is 5.72. The Bertz CT molecular complexity index is 421. The fraction of sp³-hybridized carbons (Fsp3) is 0.200. The number of hydrogen-bond donors (Lipinski definition) is 1. The van der Waals surface area contributed by atoms with E-state index in [0.29, 0.717) is 15.6 Å². The zero-order valence-electron chi connectivity index (χ0n) is 8.20. The van der Waals surface area contributed by atoms with Crippen LogP contribution in [0.4, 0.5) is 0 Å². The van der Waals surface area contributed by atoms with E-state index in [4.69, 9.17) is 28.9 Å². The van der Waals surface area contributed by atoms with Gasteiger partial charge in [-0.1, -0.05) is 29.3 Å². The number of esters is 1. The summed E-state index contributed by atoms with van der Waals surface area (Å²) in [5, 5.41) is 0.864. The molecule has 0 spiro atoms. The molecule has 0 atom stereocenters. The molecule has 0 heterocycles. The van der Waals surface area contributed by atoms with E-state index in [0.717, 1.165) is 0 Å². The minimum atomic E-state index is -0.699. The summed E-state index contributed by atoms with van der Waals surface area (Å²) < 4.78 is 4.59. The Balaban J connectivity index is 2.59. The van der Waals surface area contributed by atoms with Crippen molar-refractivity contribution in [1.82, 2.24) is 0 Å². The zero-order chi connectivity index (χ0) is 12.1. The minimum absolute atomic E-state index is 0.0245. The van der Waals surface area contributed by atoms with Crippen LogP contribution in [0.1, 0.15) is 5.56 Å². The average Bonchev–Trinajstić information content (AvgIpc) is 2.19. The number of halogens is 2. The molecule has 0 aliphatic heterocycles. The lowest BCUT2D eigenvalue weighted by atomic mass is 10.1. The zero-order valence-corrected chi connectivity index (χ0v) is 9.72. The normalized spacial score (nSPS) is 9.88. The first-order valence-electron chi connectivity index (χ1n) is 4.37. The van der Waals surface area contributed by atoms with Crippen LogP contribution < -0.4 is 5.73 Å². The van der Waals surface area contributed by atoms with Gasteiger partial charge in [-0.25, -0.2) is 0 Å². The molecular weight excluding hydrogens is 253 g/mol. The quantitative estimate of drug-likeness (QED) is 0.837. The first kappa shape index (κ1) is 12.8. The second-order valence-electron chi connectivity index (χ2n) is 3.04. The molecule has 16 heavy (non-hydrogen) atoms. The van der Waals surface area contributed by atoms with Crippen LogP contribution in [-0.2, 0) is 20.7 Å². The van der Waals surface area contributed by atoms with Crippen molar-refractivity contribution in [3.05, 3.63) is 33.8 Å². The fourth-order valence-electron chi connectivity index (χ4n) is 1.02. The van der Waals surface area contributed by atoms with Gasteiger partial charge in [0.2, 0.25) is 0 Å². The van der Waals surface area contributed by atoms with E-state index in [9.17, 15) is 9.59 Å². The minimum Gasteiger partial charge on any atom is -0.455 e. The number of carbonyl (C=O) groups excluding carboxylic acids is 2. The van der Waals surface area contributed by atoms with Gasteiger partial charge in [0.25, 0.3) is 5.91 Å². The summed E-state index contributed by atoms with van der Waals surface area (Å²) in [4.78, 5) is 21.6. The van der Waals surface area contributed by atoms with Gasteiger partial charge in [0, 0.05) is 10.0 Å². The van der Waals surface area contributed by atoms with Gasteiger partial charge in [0.05, 0.1) is 6.42 Å². The van der Waals surface area contributed by atoms with Gasteiger partial charge in [0.1, 0.15) is 0 Å². The number of ether oxygens (including phenoxy) is 1. The van der Waals surface area contributed by atoms with Gasteiger partial charge in [0.15, 0.2) is 6.61 Å². The molecule has 0 unspecified atom stereocenters. The number of primary amides is 1. The molecule has 0 aromatic heterocycles. The summed E-state index contributed by atoms with van der Waals surface area (Å²) in [5.41, 5.74) is 5.41. The van der Waals surface area contributed by atoms with Gasteiger partial charge < -0.3 is 10.5 Å². The number of nitrogens with two attached hydrogens (primary N) is 1. The van der Waals surface area contributed by atoms with Crippen LogP contribution in [0.3, 0.4) is 0 Å². The molecule has 0 bridgehead atoms. The summed E-state index contributed by atoms with van der Waals surface area (Å²) >= 11 is 11.5. The molecule has 2 N–H and O–H groups in total. The predicted octanol–water partition coefficient (Wildman–Crippen LogP) is 1.56. The van der Waals surface area contributed by atoms with Crippen LogP contribution in [0.25, 0.3) is 0 Å². The summed E-state index contributed by atoms with van der Waals surface area (Å²) in [6.45, 7) is -0.427. The topological polar surface area (TPSA) is 69.4 Å². The highest BCUT2D eigenvalue weighted by Gasteiger charge is 2.09. The molecule has 0 saturated heterocycles. The van der Waals surface area contributed by atoms with Crippen LogP contribution in [0.2, 0.25) is 10.0 Å². The highest BCUT2D eigenvalue weighted by molar-refractivity contribution is 6.35. The Kier molecular flexibility index (Phi) is 4.58. The average molecular weight is 262 g/mol. The molecule has 0 aliphatic rings. The van der Waals surface area contributed by atoms with E-state index in [-0.39, 0.29) is 6.42 Å². The van der Waals surface area contributed by atoms with E-state index in [1.54, 1.807) is 12.1 Å². The largest absolute Gasteiger partial charge is 0.455 e. The van der Waals surface area contributed by atoms with Crippen molar-refractivity contribution in [3.8, 4) is 0 Å². The maximum atomic E-state index is 11.2. The molecule has 6 heteroatoms. The lowest BCUT2D eigenvalue weighted by Crippen LogP contribution is -2.21. The molecular formula is C10H9Cl2NO3. The van der Waals surface area contributed by atoms with Crippen LogP contribution in [0.15, 0.2) is 18.2 Å². The lowest BCUT2D eigenvalue weighted by molar-refractivity contribution is -0.147.